The van der Waals surface area contributed by atoms with Gasteiger partial charge in [0.25, 0.3) is 0 Å². The molecule has 2 heterocycles. The third-order valence-electron chi connectivity index (χ3n) is 6.05. The molecule has 2 saturated heterocycles. The molecule has 1 unspecified atom stereocenters. The van der Waals surface area contributed by atoms with Crippen LogP contribution < -0.4 is 10.6 Å². The van der Waals surface area contributed by atoms with Crippen molar-refractivity contribution in [3.8, 4) is 0 Å². The van der Waals surface area contributed by atoms with E-state index in [1.54, 1.807) is 0 Å². The Bertz CT molecular complexity index is 412. The maximum Gasteiger partial charge on any atom is 0.191 e. The van der Waals surface area contributed by atoms with Gasteiger partial charge < -0.3 is 20.4 Å². The Balaban J connectivity index is 1.31. The molecule has 25 heavy (non-hydrogen) atoms. The van der Waals surface area contributed by atoms with E-state index in [2.05, 4.69) is 34.3 Å². The summed E-state index contributed by atoms with van der Waals surface area (Å²) in [5.74, 6) is 2.69. The van der Waals surface area contributed by atoms with Crippen LogP contribution in [0.5, 0.6) is 0 Å². The van der Waals surface area contributed by atoms with Gasteiger partial charge in [0.05, 0.1) is 0 Å². The van der Waals surface area contributed by atoms with Crippen LogP contribution in [0.3, 0.4) is 0 Å². The number of hydrogen-bond donors (Lipinski definition) is 2. The summed E-state index contributed by atoms with van der Waals surface area (Å²) in [6.45, 7) is 13.8. The third kappa shape index (κ3) is 6.45. The quantitative estimate of drug-likeness (QED) is 0.400. The van der Waals surface area contributed by atoms with Gasteiger partial charge in [-0.15, -0.1) is 0 Å². The molecule has 2 aliphatic heterocycles. The number of nitrogens with zero attached hydrogens (tertiary/aromatic N) is 3. The molecule has 144 valence electrons. The van der Waals surface area contributed by atoms with E-state index < -0.39 is 0 Å². The van der Waals surface area contributed by atoms with Crippen molar-refractivity contribution in [3.05, 3.63) is 0 Å². The average Bonchev–Trinajstić information content (AvgIpc) is 3.36. The minimum absolute atomic E-state index is 0.756. The van der Waals surface area contributed by atoms with Crippen LogP contribution >= 0.6 is 0 Å². The van der Waals surface area contributed by atoms with Crippen LogP contribution in [-0.4, -0.2) is 74.2 Å². The van der Waals surface area contributed by atoms with Crippen molar-refractivity contribution >= 4 is 5.96 Å². The van der Waals surface area contributed by atoms with Crippen molar-refractivity contribution in [2.75, 3.05) is 52.4 Å². The molecule has 2 N–H and O–H groups in total. The molecular weight excluding hydrogens is 310 g/mol. The summed E-state index contributed by atoms with van der Waals surface area (Å²) in [4.78, 5) is 10.2. The van der Waals surface area contributed by atoms with Crippen molar-refractivity contribution in [3.63, 3.8) is 0 Å². The van der Waals surface area contributed by atoms with Gasteiger partial charge in [-0.2, -0.15) is 0 Å². The van der Waals surface area contributed by atoms with Crippen molar-refractivity contribution in [2.45, 2.75) is 58.4 Å². The van der Waals surface area contributed by atoms with Gasteiger partial charge in [-0.1, -0.05) is 6.92 Å². The van der Waals surface area contributed by atoms with Crippen molar-refractivity contribution in [1.82, 2.24) is 20.4 Å². The first kappa shape index (κ1) is 19.0. The van der Waals surface area contributed by atoms with Crippen molar-refractivity contribution in [1.29, 1.82) is 0 Å². The van der Waals surface area contributed by atoms with Gasteiger partial charge in [-0.05, 0) is 83.5 Å². The highest BCUT2D eigenvalue weighted by Crippen LogP contribution is 2.31. The van der Waals surface area contributed by atoms with Crippen LogP contribution in [0.1, 0.15) is 52.4 Å². The number of aliphatic imine (C=N–C) groups is 1. The summed E-state index contributed by atoms with van der Waals surface area (Å²) >= 11 is 0. The lowest BCUT2D eigenvalue weighted by Crippen LogP contribution is -2.40. The molecule has 1 saturated carbocycles. The van der Waals surface area contributed by atoms with Crippen LogP contribution in [0, 0.1) is 11.8 Å². The Morgan fingerprint density at radius 1 is 1.04 bits per heavy atom. The molecule has 0 amide bonds. The molecule has 3 aliphatic rings. The lowest BCUT2D eigenvalue weighted by atomic mass is 9.99. The fraction of sp³-hybridized carbons (Fsp3) is 0.950. The van der Waals surface area contributed by atoms with Crippen molar-refractivity contribution < 1.29 is 0 Å². The van der Waals surface area contributed by atoms with E-state index in [-0.39, 0.29) is 0 Å². The number of likely N-dealkylation sites (tertiary alicyclic amines) is 2. The molecule has 0 spiro atoms. The molecule has 0 aromatic carbocycles. The Morgan fingerprint density at radius 2 is 1.84 bits per heavy atom. The molecule has 0 radical (unpaired) electrons. The van der Waals surface area contributed by atoms with Gasteiger partial charge in [0, 0.05) is 32.2 Å². The fourth-order valence-corrected chi connectivity index (χ4v) is 4.14. The molecule has 1 atom stereocenters. The lowest BCUT2D eigenvalue weighted by Gasteiger charge is -2.30. The molecule has 0 aromatic heterocycles. The summed E-state index contributed by atoms with van der Waals surface area (Å²) in [6, 6.07) is 0.915. The summed E-state index contributed by atoms with van der Waals surface area (Å²) in [6.07, 6.45) is 8.13. The third-order valence-corrected chi connectivity index (χ3v) is 6.05. The maximum absolute atomic E-state index is 4.86. The number of hydrogen-bond acceptors (Lipinski definition) is 3. The largest absolute Gasteiger partial charge is 0.357 e. The first-order valence-corrected chi connectivity index (χ1v) is 10.7. The normalized spacial score (nSPS) is 27.0. The lowest BCUT2D eigenvalue weighted by molar-refractivity contribution is 0.191. The molecule has 5 nitrogen and oxygen atoms in total. The zero-order valence-electron chi connectivity index (χ0n) is 16.5. The monoisotopic (exact) mass is 349 g/mol. The van der Waals surface area contributed by atoms with Crippen LogP contribution in [0.25, 0.3) is 0 Å². The van der Waals surface area contributed by atoms with E-state index in [1.165, 1.54) is 71.2 Å². The van der Waals surface area contributed by atoms with Crippen LogP contribution in [0.15, 0.2) is 4.99 Å². The van der Waals surface area contributed by atoms with Gasteiger partial charge in [-0.25, -0.2) is 0 Å². The fourth-order valence-electron chi connectivity index (χ4n) is 4.14. The van der Waals surface area contributed by atoms with E-state index in [1.807, 2.05) is 0 Å². The zero-order chi connectivity index (χ0) is 17.5. The second-order valence-electron chi connectivity index (χ2n) is 8.40. The second kappa shape index (κ2) is 9.77. The Morgan fingerprint density at radius 3 is 2.56 bits per heavy atom. The number of rotatable bonds is 8. The predicted octanol–water partition coefficient (Wildman–Crippen LogP) is 2.15. The van der Waals surface area contributed by atoms with E-state index in [9.17, 15) is 0 Å². The van der Waals surface area contributed by atoms with Gasteiger partial charge in [0.2, 0.25) is 0 Å². The predicted molar refractivity (Wildman–Crippen MR) is 106 cm³/mol. The zero-order valence-corrected chi connectivity index (χ0v) is 16.5. The molecule has 0 aromatic rings. The van der Waals surface area contributed by atoms with Gasteiger partial charge in [0.1, 0.15) is 0 Å². The van der Waals surface area contributed by atoms with E-state index in [4.69, 9.17) is 4.99 Å². The van der Waals surface area contributed by atoms with Crippen LogP contribution in [0.2, 0.25) is 0 Å². The Kier molecular flexibility index (Phi) is 7.41. The minimum Gasteiger partial charge on any atom is -0.357 e. The maximum atomic E-state index is 4.86. The molecule has 1 aliphatic carbocycles. The van der Waals surface area contributed by atoms with Crippen LogP contribution in [0.4, 0.5) is 0 Å². The highest BCUT2D eigenvalue weighted by Gasteiger charge is 2.34. The average molecular weight is 350 g/mol. The highest BCUT2D eigenvalue weighted by atomic mass is 15.2. The Hall–Kier alpha value is -0.810. The van der Waals surface area contributed by atoms with Gasteiger partial charge in [-0.3, -0.25) is 4.99 Å². The molecule has 3 fully saturated rings. The molecule has 0 bridgehead atoms. The van der Waals surface area contributed by atoms with Crippen LogP contribution in [-0.2, 0) is 0 Å². The standard InChI is InChI=1S/C20H39N5/c1-3-21-20(22-10-4-11-24-12-7-17(2)8-13-24)23-15-18-9-14-25(16-18)19-5-6-19/h17-19H,3-16H2,1-2H3,(H2,21,22,23). The minimum atomic E-state index is 0.756. The first-order valence-electron chi connectivity index (χ1n) is 10.7. The molecule has 5 heteroatoms. The molecule has 3 rings (SSSR count). The first-order chi connectivity index (χ1) is 12.2. The SMILES string of the molecule is CCNC(=NCC1CCN(C2CC2)C1)NCCCN1CCC(C)CC1. The number of piperidine rings is 1. The summed E-state index contributed by atoms with van der Waals surface area (Å²) in [7, 11) is 0. The van der Waals surface area contributed by atoms with E-state index >= 15 is 0 Å². The Labute approximate surface area is 154 Å². The number of nitrogens with one attached hydrogen (secondary N) is 2. The van der Waals surface area contributed by atoms with E-state index in [0.717, 1.165) is 43.5 Å². The van der Waals surface area contributed by atoms with Gasteiger partial charge >= 0.3 is 0 Å². The summed E-state index contributed by atoms with van der Waals surface area (Å²) in [5, 5.41) is 6.95. The second-order valence-corrected chi connectivity index (χ2v) is 8.40. The summed E-state index contributed by atoms with van der Waals surface area (Å²) in [5.41, 5.74) is 0. The topological polar surface area (TPSA) is 42.9 Å². The van der Waals surface area contributed by atoms with Crippen molar-refractivity contribution in [2.24, 2.45) is 16.8 Å². The summed E-state index contributed by atoms with van der Waals surface area (Å²) < 4.78 is 0. The number of guanidine groups is 1. The molecular formula is C20H39N5. The smallest absolute Gasteiger partial charge is 0.191 e. The van der Waals surface area contributed by atoms with Gasteiger partial charge in [0.15, 0.2) is 5.96 Å². The highest BCUT2D eigenvalue weighted by molar-refractivity contribution is 5.79. The van der Waals surface area contributed by atoms with E-state index in [0.29, 0.717) is 0 Å².